The van der Waals surface area contributed by atoms with Crippen molar-refractivity contribution in [1.82, 2.24) is 15.5 Å². The fourth-order valence-corrected chi connectivity index (χ4v) is 3.13. The number of amides is 1. The van der Waals surface area contributed by atoms with E-state index in [0.29, 0.717) is 25.3 Å². The van der Waals surface area contributed by atoms with Crippen molar-refractivity contribution < 1.29 is 19.0 Å². The Morgan fingerprint density at radius 1 is 1.33 bits per heavy atom. The van der Waals surface area contributed by atoms with E-state index in [4.69, 9.17) is 14.2 Å². The highest BCUT2D eigenvalue weighted by molar-refractivity contribution is 5.80. The summed E-state index contributed by atoms with van der Waals surface area (Å²) >= 11 is 0. The van der Waals surface area contributed by atoms with Crippen LogP contribution in [0.25, 0.3) is 0 Å². The minimum atomic E-state index is 0.207. The summed E-state index contributed by atoms with van der Waals surface area (Å²) in [5, 5.41) is 6.65. The number of carbonyl (C=O) groups is 1. The lowest BCUT2D eigenvalue weighted by atomic mass is 10.3. The van der Waals surface area contributed by atoms with Crippen molar-refractivity contribution in [3.05, 3.63) is 18.2 Å². The highest BCUT2D eigenvalue weighted by Gasteiger charge is 2.25. The molecule has 1 atom stereocenters. The van der Waals surface area contributed by atoms with Gasteiger partial charge in [-0.15, -0.1) is 0 Å². The number of fused-ring (bicyclic) bond motifs is 1. The highest BCUT2D eigenvalue weighted by Crippen LogP contribution is 2.34. The minimum Gasteiger partial charge on any atom is -0.492 e. The molecule has 1 unspecified atom stereocenters. The second-order valence-electron chi connectivity index (χ2n) is 6.45. The zero-order chi connectivity index (χ0) is 19.1. The van der Waals surface area contributed by atoms with Gasteiger partial charge in [0, 0.05) is 38.2 Å². The number of likely N-dealkylation sites (tertiary alicyclic amines) is 1. The van der Waals surface area contributed by atoms with E-state index in [1.807, 2.05) is 36.9 Å². The van der Waals surface area contributed by atoms with Gasteiger partial charge in [-0.25, -0.2) is 4.99 Å². The van der Waals surface area contributed by atoms with Crippen LogP contribution in [-0.4, -0.2) is 62.4 Å². The zero-order valence-electron chi connectivity index (χ0n) is 16.0. The molecule has 1 saturated heterocycles. The number of aliphatic imine (C=N–C) groups is 1. The van der Waals surface area contributed by atoms with Crippen LogP contribution >= 0.6 is 0 Å². The average Bonchev–Trinajstić information content (AvgIpc) is 3.33. The van der Waals surface area contributed by atoms with Crippen LogP contribution in [0, 0.1) is 0 Å². The van der Waals surface area contributed by atoms with E-state index >= 15 is 0 Å². The molecule has 3 rings (SSSR count). The van der Waals surface area contributed by atoms with E-state index in [1.165, 1.54) is 0 Å². The third kappa shape index (κ3) is 5.18. The molecule has 1 aromatic rings. The van der Waals surface area contributed by atoms with E-state index in [9.17, 15) is 4.79 Å². The van der Waals surface area contributed by atoms with Crippen molar-refractivity contribution in [3.63, 3.8) is 0 Å². The summed E-state index contributed by atoms with van der Waals surface area (Å²) < 4.78 is 16.4. The Hall–Kier alpha value is -2.64. The molecule has 1 fully saturated rings. The maximum absolute atomic E-state index is 11.8. The second kappa shape index (κ2) is 9.34. The van der Waals surface area contributed by atoms with Gasteiger partial charge in [-0.1, -0.05) is 6.92 Å². The standard InChI is InChI=1S/C19H28N4O4/c1-3-18(24)23-9-7-14(12-23)22-19(20-4-2)21-8-10-25-15-5-6-16-17(11-15)27-13-26-16/h5-6,11,14H,3-4,7-10,12-13H2,1-2H3,(H2,20,21,22). The summed E-state index contributed by atoms with van der Waals surface area (Å²) in [4.78, 5) is 18.3. The van der Waals surface area contributed by atoms with Gasteiger partial charge in [0.2, 0.25) is 12.7 Å². The first-order chi connectivity index (χ1) is 13.2. The fraction of sp³-hybridized carbons (Fsp3) is 0.579. The normalized spacial score (nSPS) is 18.5. The molecule has 0 aromatic heterocycles. The zero-order valence-corrected chi connectivity index (χ0v) is 16.0. The molecule has 0 bridgehead atoms. The van der Waals surface area contributed by atoms with Gasteiger partial charge in [0.05, 0.1) is 6.54 Å². The van der Waals surface area contributed by atoms with Gasteiger partial charge in [-0.05, 0) is 25.5 Å². The molecule has 2 aliphatic heterocycles. The number of guanidine groups is 1. The van der Waals surface area contributed by atoms with E-state index in [-0.39, 0.29) is 18.7 Å². The van der Waals surface area contributed by atoms with Crippen LogP contribution in [0.2, 0.25) is 0 Å². The van der Waals surface area contributed by atoms with Crippen molar-refractivity contribution in [1.29, 1.82) is 0 Å². The molecule has 2 aliphatic rings. The van der Waals surface area contributed by atoms with Crippen molar-refractivity contribution in [3.8, 4) is 17.2 Å². The summed E-state index contributed by atoms with van der Waals surface area (Å²) in [6.07, 6.45) is 1.49. The molecule has 27 heavy (non-hydrogen) atoms. The number of carbonyl (C=O) groups excluding carboxylic acids is 1. The number of nitrogens with one attached hydrogen (secondary N) is 2. The Morgan fingerprint density at radius 2 is 2.19 bits per heavy atom. The smallest absolute Gasteiger partial charge is 0.231 e. The van der Waals surface area contributed by atoms with Crippen molar-refractivity contribution >= 4 is 11.9 Å². The van der Waals surface area contributed by atoms with Crippen LogP contribution in [0.4, 0.5) is 0 Å². The summed E-state index contributed by atoms with van der Waals surface area (Å²) in [7, 11) is 0. The third-order valence-corrected chi connectivity index (χ3v) is 4.50. The Balaban J connectivity index is 1.45. The van der Waals surface area contributed by atoms with Crippen molar-refractivity contribution in [2.45, 2.75) is 32.7 Å². The van der Waals surface area contributed by atoms with E-state index in [2.05, 4.69) is 15.6 Å². The molecular weight excluding hydrogens is 348 g/mol. The van der Waals surface area contributed by atoms with Crippen LogP contribution in [0.15, 0.2) is 23.2 Å². The molecule has 1 aromatic carbocycles. The fourth-order valence-electron chi connectivity index (χ4n) is 3.13. The van der Waals surface area contributed by atoms with Crippen LogP contribution < -0.4 is 24.8 Å². The number of benzene rings is 1. The van der Waals surface area contributed by atoms with Crippen LogP contribution in [0.3, 0.4) is 0 Å². The van der Waals surface area contributed by atoms with E-state index in [1.54, 1.807) is 0 Å². The van der Waals surface area contributed by atoms with Gasteiger partial charge in [0.15, 0.2) is 17.5 Å². The molecule has 1 amide bonds. The lowest BCUT2D eigenvalue weighted by molar-refractivity contribution is -0.129. The topological polar surface area (TPSA) is 84.4 Å². The molecule has 2 N–H and O–H groups in total. The van der Waals surface area contributed by atoms with Gasteiger partial charge in [-0.3, -0.25) is 4.79 Å². The molecule has 0 spiro atoms. The number of hydrogen-bond acceptors (Lipinski definition) is 5. The number of rotatable bonds is 7. The lowest BCUT2D eigenvalue weighted by Crippen LogP contribution is -2.45. The average molecular weight is 376 g/mol. The Morgan fingerprint density at radius 3 is 3.00 bits per heavy atom. The molecule has 0 radical (unpaired) electrons. The summed E-state index contributed by atoms with van der Waals surface area (Å²) in [5.41, 5.74) is 0. The Labute approximate surface area is 159 Å². The highest BCUT2D eigenvalue weighted by atomic mass is 16.7. The second-order valence-corrected chi connectivity index (χ2v) is 6.45. The molecule has 148 valence electrons. The summed E-state index contributed by atoms with van der Waals surface area (Å²) in [6.45, 7) is 7.47. The maximum Gasteiger partial charge on any atom is 0.231 e. The third-order valence-electron chi connectivity index (χ3n) is 4.50. The predicted octanol–water partition coefficient (Wildman–Crippen LogP) is 1.36. The maximum atomic E-state index is 11.8. The quantitative estimate of drug-likeness (QED) is 0.425. The first-order valence-corrected chi connectivity index (χ1v) is 9.54. The van der Waals surface area contributed by atoms with Gasteiger partial charge in [-0.2, -0.15) is 0 Å². The lowest BCUT2D eigenvalue weighted by Gasteiger charge is -2.18. The van der Waals surface area contributed by atoms with Crippen LogP contribution in [0.5, 0.6) is 17.2 Å². The van der Waals surface area contributed by atoms with Crippen LogP contribution in [-0.2, 0) is 4.79 Å². The Kier molecular flexibility index (Phi) is 6.62. The van der Waals surface area contributed by atoms with Crippen molar-refractivity contribution in [2.75, 3.05) is 39.6 Å². The minimum absolute atomic E-state index is 0.207. The van der Waals surface area contributed by atoms with Gasteiger partial charge in [0.25, 0.3) is 0 Å². The van der Waals surface area contributed by atoms with E-state index in [0.717, 1.165) is 43.5 Å². The Bertz CT molecular complexity index is 680. The van der Waals surface area contributed by atoms with E-state index < -0.39 is 0 Å². The van der Waals surface area contributed by atoms with Crippen molar-refractivity contribution in [2.24, 2.45) is 4.99 Å². The van der Waals surface area contributed by atoms with Crippen LogP contribution in [0.1, 0.15) is 26.7 Å². The molecule has 0 saturated carbocycles. The number of nitrogens with zero attached hydrogens (tertiary/aromatic N) is 2. The molecule has 8 nitrogen and oxygen atoms in total. The van der Waals surface area contributed by atoms with Gasteiger partial charge < -0.3 is 29.7 Å². The molecule has 2 heterocycles. The summed E-state index contributed by atoms with van der Waals surface area (Å²) in [5.74, 6) is 3.14. The predicted molar refractivity (Wildman–Crippen MR) is 102 cm³/mol. The first kappa shape index (κ1) is 19.1. The number of hydrogen-bond donors (Lipinski definition) is 2. The summed E-state index contributed by atoms with van der Waals surface area (Å²) in [6, 6.07) is 5.76. The molecule has 0 aliphatic carbocycles. The first-order valence-electron chi connectivity index (χ1n) is 9.54. The molecule has 8 heteroatoms. The molecular formula is C19H28N4O4. The largest absolute Gasteiger partial charge is 0.492 e. The van der Waals surface area contributed by atoms with Gasteiger partial charge >= 0.3 is 0 Å². The monoisotopic (exact) mass is 376 g/mol. The number of ether oxygens (including phenoxy) is 3. The van der Waals surface area contributed by atoms with Gasteiger partial charge in [0.1, 0.15) is 12.4 Å². The SMILES string of the molecule is CCNC(=NCCOc1ccc2c(c1)OCO2)NC1CCN(C(=O)CC)C1.